The van der Waals surface area contributed by atoms with E-state index in [9.17, 15) is 9.59 Å². The topological polar surface area (TPSA) is 76.0 Å². The minimum Gasteiger partial charge on any atom is -0.408 e. The van der Waals surface area contributed by atoms with Crippen LogP contribution >= 0.6 is 11.3 Å². The summed E-state index contributed by atoms with van der Waals surface area (Å²) in [5.74, 6) is -0.481. The Morgan fingerprint density at radius 3 is 3.00 bits per heavy atom. The van der Waals surface area contributed by atoms with Gasteiger partial charge in [-0.1, -0.05) is 0 Å². The van der Waals surface area contributed by atoms with Crippen LogP contribution in [0.4, 0.5) is 0 Å². The third-order valence-electron chi connectivity index (χ3n) is 2.61. The van der Waals surface area contributed by atoms with Gasteiger partial charge in [-0.15, -0.1) is 11.3 Å². The number of H-pyrrole nitrogens is 1. The van der Waals surface area contributed by atoms with Crippen molar-refractivity contribution in [2.45, 2.75) is 6.92 Å². The predicted molar refractivity (Wildman–Crippen MR) is 68.1 cm³/mol. The highest BCUT2D eigenvalue weighted by Gasteiger charge is 2.11. The number of rotatable bonds is 2. The Balaban J connectivity index is 2.20. The van der Waals surface area contributed by atoms with Crippen molar-refractivity contribution in [1.29, 1.82) is 0 Å². The number of aromatic amines is 1. The Kier molecular flexibility index (Phi) is 2.38. The summed E-state index contributed by atoms with van der Waals surface area (Å²) in [4.78, 5) is 29.6. The molecule has 0 unspecified atom stereocenters. The second kappa shape index (κ2) is 3.92. The van der Waals surface area contributed by atoms with E-state index in [-0.39, 0.29) is 0 Å². The molecule has 1 aromatic carbocycles. The van der Waals surface area contributed by atoms with Gasteiger partial charge in [0.2, 0.25) is 0 Å². The third-order valence-corrected chi connectivity index (χ3v) is 3.50. The molecule has 0 bridgehead atoms. The first-order valence-electron chi connectivity index (χ1n) is 5.23. The molecule has 0 fully saturated rings. The maximum atomic E-state index is 11.1. The quantitative estimate of drug-likeness (QED) is 0.718. The highest BCUT2D eigenvalue weighted by Crippen LogP contribution is 2.28. The van der Waals surface area contributed by atoms with Gasteiger partial charge >= 0.3 is 5.76 Å². The second-order valence-corrected chi connectivity index (χ2v) is 5.03. The van der Waals surface area contributed by atoms with Crippen LogP contribution in [0.1, 0.15) is 14.7 Å². The Bertz CT molecular complexity index is 797. The number of carbonyl (C=O) groups is 1. The monoisotopic (exact) mass is 260 g/mol. The Morgan fingerprint density at radius 1 is 1.44 bits per heavy atom. The van der Waals surface area contributed by atoms with Gasteiger partial charge in [-0.05, 0) is 25.1 Å². The molecular formula is C12H8N2O3S. The van der Waals surface area contributed by atoms with E-state index in [1.807, 2.05) is 13.0 Å². The van der Waals surface area contributed by atoms with Crippen LogP contribution in [0, 0.1) is 6.92 Å². The zero-order chi connectivity index (χ0) is 12.7. The number of hydrogen-bond acceptors (Lipinski definition) is 5. The van der Waals surface area contributed by atoms with Crippen LogP contribution in [0.5, 0.6) is 0 Å². The Labute approximate surface area is 105 Å². The first-order chi connectivity index (χ1) is 8.67. The molecule has 90 valence electrons. The van der Waals surface area contributed by atoms with E-state index in [1.54, 1.807) is 12.1 Å². The molecule has 0 saturated carbocycles. The van der Waals surface area contributed by atoms with Gasteiger partial charge in [0.1, 0.15) is 0 Å². The van der Waals surface area contributed by atoms with Gasteiger partial charge in [0.25, 0.3) is 0 Å². The SMILES string of the molecule is Cc1sc(C=O)nc1-c1ccc2oc(=O)[nH]c2c1. The van der Waals surface area contributed by atoms with Gasteiger partial charge in [0, 0.05) is 10.4 Å². The van der Waals surface area contributed by atoms with Gasteiger partial charge in [0.05, 0.1) is 11.2 Å². The molecule has 0 aliphatic rings. The lowest BCUT2D eigenvalue weighted by Gasteiger charge is -1.97. The molecular weight excluding hydrogens is 252 g/mol. The summed E-state index contributed by atoms with van der Waals surface area (Å²) in [5.41, 5.74) is 2.73. The standard InChI is InChI=1S/C12H8N2O3S/c1-6-11(14-10(5-15)18-6)7-2-3-9-8(4-7)13-12(16)17-9/h2-5H,1H3,(H,13,16). The average molecular weight is 260 g/mol. The fourth-order valence-corrected chi connectivity index (χ4v) is 2.59. The average Bonchev–Trinajstić information content (AvgIpc) is 2.89. The molecule has 3 aromatic rings. The summed E-state index contributed by atoms with van der Waals surface area (Å²) in [7, 11) is 0. The van der Waals surface area contributed by atoms with E-state index in [0.717, 1.165) is 22.4 Å². The third kappa shape index (κ3) is 1.67. The lowest BCUT2D eigenvalue weighted by Crippen LogP contribution is -1.92. The lowest BCUT2D eigenvalue weighted by atomic mass is 10.1. The van der Waals surface area contributed by atoms with Gasteiger partial charge in [-0.2, -0.15) is 0 Å². The lowest BCUT2D eigenvalue weighted by molar-refractivity contribution is 0.112. The molecule has 6 heteroatoms. The van der Waals surface area contributed by atoms with E-state index in [4.69, 9.17) is 4.42 Å². The maximum absolute atomic E-state index is 11.1. The molecule has 0 aliphatic heterocycles. The normalized spacial score (nSPS) is 10.9. The van der Waals surface area contributed by atoms with Gasteiger partial charge in [0.15, 0.2) is 16.9 Å². The van der Waals surface area contributed by atoms with Crippen molar-refractivity contribution < 1.29 is 9.21 Å². The highest BCUT2D eigenvalue weighted by atomic mass is 32.1. The minimum absolute atomic E-state index is 0.447. The number of aldehydes is 1. The number of hydrogen-bond donors (Lipinski definition) is 1. The summed E-state index contributed by atoms with van der Waals surface area (Å²) in [5, 5.41) is 0.447. The summed E-state index contributed by atoms with van der Waals surface area (Å²) in [6.07, 6.45) is 0.736. The Hall–Kier alpha value is -2.21. The van der Waals surface area contributed by atoms with E-state index in [2.05, 4.69) is 9.97 Å². The number of thiazole rings is 1. The number of nitrogens with one attached hydrogen (secondary N) is 1. The molecule has 18 heavy (non-hydrogen) atoms. The number of oxazole rings is 1. The zero-order valence-corrected chi connectivity index (χ0v) is 10.2. The molecule has 0 saturated heterocycles. The summed E-state index contributed by atoms with van der Waals surface area (Å²) in [6.45, 7) is 1.91. The molecule has 3 rings (SSSR count). The summed E-state index contributed by atoms with van der Waals surface area (Å²) in [6, 6.07) is 5.31. The molecule has 0 radical (unpaired) electrons. The van der Waals surface area contributed by atoms with E-state index in [0.29, 0.717) is 16.1 Å². The van der Waals surface area contributed by atoms with Crippen molar-refractivity contribution >= 4 is 28.7 Å². The molecule has 2 aromatic heterocycles. The molecule has 2 heterocycles. The van der Waals surface area contributed by atoms with Crippen LogP contribution in [-0.2, 0) is 0 Å². The van der Waals surface area contributed by atoms with Crippen LogP contribution in [-0.4, -0.2) is 16.3 Å². The largest absolute Gasteiger partial charge is 0.417 e. The Morgan fingerprint density at radius 2 is 2.28 bits per heavy atom. The first-order valence-corrected chi connectivity index (χ1v) is 6.05. The van der Waals surface area contributed by atoms with Crippen molar-refractivity contribution in [3.8, 4) is 11.3 Å². The molecule has 1 N–H and O–H groups in total. The number of benzene rings is 1. The van der Waals surface area contributed by atoms with Crippen LogP contribution in [0.2, 0.25) is 0 Å². The van der Waals surface area contributed by atoms with E-state index < -0.39 is 5.76 Å². The maximum Gasteiger partial charge on any atom is 0.417 e. The van der Waals surface area contributed by atoms with Gasteiger partial charge in [-0.25, -0.2) is 9.78 Å². The number of aryl methyl sites for hydroxylation is 1. The highest BCUT2D eigenvalue weighted by molar-refractivity contribution is 7.13. The molecule has 0 atom stereocenters. The van der Waals surface area contributed by atoms with Gasteiger partial charge < -0.3 is 4.42 Å². The van der Waals surface area contributed by atoms with Crippen molar-refractivity contribution in [3.63, 3.8) is 0 Å². The predicted octanol–water partition coefficient (Wildman–Crippen LogP) is 2.37. The second-order valence-electron chi connectivity index (χ2n) is 3.80. The number of carbonyl (C=O) groups excluding carboxylic acids is 1. The van der Waals surface area contributed by atoms with Crippen molar-refractivity contribution in [2.24, 2.45) is 0 Å². The molecule has 0 spiro atoms. The fraction of sp³-hybridized carbons (Fsp3) is 0.0833. The van der Waals surface area contributed by atoms with Crippen molar-refractivity contribution in [2.75, 3.05) is 0 Å². The van der Waals surface area contributed by atoms with Crippen molar-refractivity contribution in [3.05, 3.63) is 38.6 Å². The van der Waals surface area contributed by atoms with E-state index in [1.165, 1.54) is 11.3 Å². The minimum atomic E-state index is -0.481. The first kappa shape index (κ1) is 10.9. The summed E-state index contributed by atoms with van der Waals surface area (Å²) < 4.78 is 4.93. The van der Waals surface area contributed by atoms with Gasteiger partial charge in [-0.3, -0.25) is 9.78 Å². The zero-order valence-electron chi connectivity index (χ0n) is 9.39. The van der Waals surface area contributed by atoms with Crippen LogP contribution < -0.4 is 5.76 Å². The van der Waals surface area contributed by atoms with E-state index >= 15 is 0 Å². The fourth-order valence-electron chi connectivity index (χ4n) is 1.83. The van der Waals surface area contributed by atoms with Crippen LogP contribution in [0.3, 0.4) is 0 Å². The molecule has 5 nitrogen and oxygen atoms in total. The number of nitrogens with zero attached hydrogens (tertiary/aromatic N) is 1. The molecule has 0 aliphatic carbocycles. The summed E-state index contributed by atoms with van der Waals surface area (Å²) >= 11 is 1.35. The van der Waals surface area contributed by atoms with Crippen molar-refractivity contribution in [1.82, 2.24) is 9.97 Å². The number of aromatic nitrogens is 2. The smallest absolute Gasteiger partial charge is 0.408 e. The van der Waals surface area contributed by atoms with Crippen LogP contribution in [0.25, 0.3) is 22.4 Å². The molecule has 0 amide bonds. The number of fused-ring (bicyclic) bond motifs is 1. The van der Waals surface area contributed by atoms with Crippen LogP contribution in [0.15, 0.2) is 27.4 Å².